The number of aromatic nitrogens is 2. The van der Waals surface area contributed by atoms with Crippen molar-refractivity contribution < 1.29 is 17.6 Å². The highest BCUT2D eigenvalue weighted by Crippen LogP contribution is 2.29. The molecule has 0 atom stereocenters. The zero-order chi connectivity index (χ0) is 19.9. The van der Waals surface area contributed by atoms with Gasteiger partial charge in [-0.05, 0) is 48.5 Å². The molecule has 7 nitrogen and oxygen atoms in total. The Balaban J connectivity index is 1.81. The van der Waals surface area contributed by atoms with Crippen molar-refractivity contribution in [3.63, 3.8) is 0 Å². The SMILES string of the molecule is CNC(=O)c1nccc2c1[nH]c1ccc(S(=O)(=O)Nc3ccc(F)cc3)cc12. The van der Waals surface area contributed by atoms with Crippen LogP contribution in [0.2, 0.25) is 0 Å². The van der Waals surface area contributed by atoms with Gasteiger partial charge in [0.25, 0.3) is 15.9 Å². The normalized spacial score (nSPS) is 11.6. The number of anilines is 1. The van der Waals surface area contributed by atoms with Crippen LogP contribution in [0, 0.1) is 5.82 Å². The maximum absolute atomic E-state index is 13.0. The Labute approximate surface area is 159 Å². The summed E-state index contributed by atoms with van der Waals surface area (Å²) in [5.41, 5.74) is 1.68. The van der Waals surface area contributed by atoms with Gasteiger partial charge in [-0.1, -0.05) is 0 Å². The van der Waals surface area contributed by atoms with Gasteiger partial charge in [-0.2, -0.15) is 0 Å². The fraction of sp³-hybridized carbons (Fsp3) is 0.0526. The molecule has 0 fully saturated rings. The molecule has 2 heterocycles. The van der Waals surface area contributed by atoms with E-state index in [0.717, 1.165) is 0 Å². The summed E-state index contributed by atoms with van der Waals surface area (Å²) in [6.07, 6.45) is 1.50. The van der Waals surface area contributed by atoms with Crippen LogP contribution >= 0.6 is 0 Å². The lowest BCUT2D eigenvalue weighted by Gasteiger charge is -2.08. The average molecular weight is 398 g/mol. The van der Waals surface area contributed by atoms with Crippen LogP contribution < -0.4 is 10.0 Å². The number of hydrogen-bond donors (Lipinski definition) is 3. The second kappa shape index (κ2) is 6.61. The molecule has 0 radical (unpaired) electrons. The van der Waals surface area contributed by atoms with Crippen LogP contribution in [-0.4, -0.2) is 31.3 Å². The number of nitrogens with one attached hydrogen (secondary N) is 3. The molecule has 0 bridgehead atoms. The number of benzene rings is 2. The first-order valence-corrected chi connectivity index (χ1v) is 9.78. The molecule has 0 spiro atoms. The predicted molar refractivity (Wildman–Crippen MR) is 104 cm³/mol. The van der Waals surface area contributed by atoms with E-state index in [-0.39, 0.29) is 22.2 Å². The lowest BCUT2D eigenvalue weighted by molar-refractivity contribution is 0.0960. The summed E-state index contributed by atoms with van der Waals surface area (Å²) in [4.78, 5) is 19.3. The van der Waals surface area contributed by atoms with Gasteiger partial charge in [-0.15, -0.1) is 0 Å². The van der Waals surface area contributed by atoms with Gasteiger partial charge < -0.3 is 10.3 Å². The Kier molecular flexibility index (Phi) is 4.23. The van der Waals surface area contributed by atoms with Gasteiger partial charge in [0.2, 0.25) is 0 Å². The van der Waals surface area contributed by atoms with Gasteiger partial charge in [0.05, 0.1) is 10.4 Å². The molecule has 0 unspecified atom stereocenters. The maximum Gasteiger partial charge on any atom is 0.271 e. The third kappa shape index (κ3) is 3.05. The van der Waals surface area contributed by atoms with Crippen LogP contribution in [0.1, 0.15) is 10.5 Å². The lowest BCUT2D eigenvalue weighted by Crippen LogP contribution is -2.19. The molecule has 4 rings (SSSR count). The highest BCUT2D eigenvalue weighted by Gasteiger charge is 2.18. The molecule has 4 aromatic rings. The summed E-state index contributed by atoms with van der Waals surface area (Å²) in [5.74, 6) is -0.799. The summed E-state index contributed by atoms with van der Waals surface area (Å²) in [6, 6.07) is 11.4. The first-order chi connectivity index (χ1) is 13.4. The monoisotopic (exact) mass is 398 g/mol. The highest BCUT2D eigenvalue weighted by atomic mass is 32.2. The fourth-order valence-electron chi connectivity index (χ4n) is 2.99. The van der Waals surface area contributed by atoms with E-state index in [0.29, 0.717) is 21.8 Å². The zero-order valence-electron chi connectivity index (χ0n) is 14.7. The van der Waals surface area contributed by atoms with E-state index < -0.39 is 15.8 Å². The Morgan fingerprint density at radius 2 is 1.82 bits per heavy atom. The number of sulfonamides is 1. The Morgan fingerprint density at radius 3 is 2.54 bits per heavy atom. The first-order valence-electron chi connectivity index (χ1n) is 8.30. The van der Waals surface area contributed by atoms with Crippen molar-refractivity contribution in [3.8, 4) is 0 Å². The number of fused-ring (bicyclic) bond motifs is 3. The van der Waals surface area contributed by atoms with Crippen molar-refractivity contribution in [2.75, 3.05) is 11.8 Å². The molecule has 1 amide bonds. The third-order valence-electron chi connectivity index (χ3n) is 4.34. The minimum absolute atomic E-state index is 0.0449. The van der Waals surface area contributed by atoms with Crippen molar-refractivity contribution in [2.24, 2.45) is 0 Å². The summed E-state index contributed by atoms with van der Waals surface area (Å²) in [6.45, 7) is 0. The fourth-order valence-corrected chi connectivity index (χ4v) is 4.08. The van der Waals surface area contributed by atoms with Gasteiger partial charge in [0, 0.05) is 35.2 Å². The van der Waals surface area contributed by atoms with Crippen molar-refractivity contribution >= 4 is 43.4 Å². The largest absolute Gasteiger partial charge is 0.354 e. The first kappa shape index (κ1) is 17.9. The molecule has 0 saturated carbocycles. The standard InChI is InChI=1S/C19H15FN4O3S/c1-21-19(25)18-17-14(8-9-22-18)15-10-13(6-7-16(15)23-17)28(26,27)24-12-4-2-11(20)3-5-12/h2-10,23-24H,1H3,(H,21,25). The van der Waals surface area contributed by atoms with E-state index in [1.807, 2.05) is 0 Å². The molecule has 0 aliphatic carbocycles. The Bertz CT molecular complexity index is 1310. The Hall–Kier alpha value is -3.46. The number of H-pyrrole nitrogens is 1. The van der Waals surface area contributed by atoms with E-state index in [9.17, 15) is 17.6 Å². The van der Waals surface area contributed by atoms with Crippen LogP contribution in [0.3, 0.4) is 0 Å². The Morgan fingerprint density at radius 1 is 1.07 bits per heavy atom. The highest BCUT2D eigenvalue weighted by molar-refractivity contribution is 7.92. The third-order valence-corrected chi connectivity index (χ3v) is 5.72. The molecule has 2 aromatic carbocycles. The van der Waals surface area contributed by atoms with Crippen LogP contribution in [-0.2, 0) is 10.0 Å². The van der Waals surface area contributed by atoms with E-state index >= 15 is 0 Å². The molecule has 28 heavy (non-hydrogen) atoms. The van der Waals surface area contributed by atoms with Crippen LogP contribution in [0.5, 0.6) is 0 Å². The number of carbonyl (C=O) groups is 1. The molecule has 2 aromatic heterocycles. The molecule has 3 N–H and O–H groups in total. The van der Waals surface area contributed by atoms with E-state index in [1.165, 1.54) is 49.6 Å². The van der Waals surface area contributed by atoms with Gasteiger partial charge in [0.15, 0.2) is 5.69 Å². The summed E-state index contributed by atoms with van der Waals surface area (Å²) in [5, 5.41) is 3.86. The van der Waals surface area contributed by atoms with Crippen LogP contribution in [0.4, 0.5) is 10.1 Å². The smallest absolute Gasteiger partial charge is 0.271 e. The van der Waals surface area contributed by atoms with Crippen LogP contribution in [0.25, 0.3) is 21.8 Å². The van der Waals surface area contributed by atoms with E-state index in [1.54, 1.807) is 12.1 Å². The zero-order valence-corrected chi connectivity index (χ0v) is 15.5. The number of pyridine rings is 1. The minimum Gasteiger partial charge on any atom is -0.354 e. The topological polar surface area (TPSA) is 104 Å². The lowest BCUT2D eigenvalue weighted by atomic mass is 10.1. The van der Waals surface area contributed by atoms with Gasteiger partial charge in [-0.3, -0.25) is 9.52 Å². The van der Waals surface area contributed by atoms with Gasteiger partial charge >= 0.3 is 0 Å². The molecule has 0 aliphatic heterocycles. The molecule has 9 heteroatoms. The molecular weight excluding hydrogens is 383 g/mol. The molecule has 142 valence electrons. The van der Waals surface area contributed by atoms with E-state index in [2.05, 4.69) is 20.0 Å². The average Bonchev–Trinajstić information content (AvgIpc) is 3.07. The van der Waals surface area contributed by atoms with E-state index in [4.69, 9.17) is 0 Å². The van der Waals surface area contributed by atoms with Crippen molar-refractivity contribution in [1.29, 1.82) is 0 Å². The van der Waals surface area contributed by atoms with Crippen LogP contribution in [0.15, 0.2) is 59.6 Å². The number of hydrogen-bond acceptors (Lipinski definition) is 4. The molecule has 0 aliphatic rings. The summed E-state index contributed by atoms with van der Waals surface area (Å²) in [7, 11) is -2.37. The number of nitrogens with zero attached hydrogens (tertiary/aromatic N) is 1. The van der Waals surface area contributed by atoms with Crippen molar-refractivity contribution in [2.45, 2.75) is 4.90 Å². The predicted octanol–water partition coefficient (Wildman–Crippen LogP) is 3.02. The summed E-state index contributed by atoms with van der Waals surface area (Å²) >= 11 is 0. The number of amides is 1. The second-order valence-corrected chi connectivity index (χ2v) is 7.79. The number of rotatable bonds is 4. The maximum atomic E-state index is 13.0. The van der Waals surface area contributed by atoms with Gasteiger partial charge in [-0.25, -0.2) is 17.8 Å². The van der Waals surface area contributed by atoms with Gasteiger partial charge in [0.1, 0.15) is 5.82 Å². The van der Waals surface area contributed by atoms with Crippen molar-refractivity contribution in [3.05, 3.63) is 66.2 Å². The van der Waals surface area contributed by atoms with Crippen molar-refractivity contribution in [1.82, 2.24) is 15.3 Å². The molecule has 0 saturated heterocycles. The quantitative estimate of drug-likeness (QED) is 0.491. The number of aromatic amines is 1. The number of halogens is 1. The second-order valence-electron chi connectivity index (χ2n) is 6.11. The minimum atomic E-state index is -3.88. The summed E-state index contributed by atoms with van der Waals surface area (Å²) < 4.78 is 40.9. The number of carbonyl (C=O) groups excluding carboxylic acids is 1. The molecular formula is C19H15FN4O3S.